The lowest BCUT2D eigenvalue weighted by molar-refractivity contribution is -0.163. The highest BCUT2D eigenvalue weighted by Gasteiger charge is 2.76. The number of nitrogens with one attached hydrogen (secondary N) is 1. The number of amides is 3. The molecule has 0 aromatic heterocycles. The van der Waals surface area contributed by atoms with Crippen LogP contribution in [0.15, 0.2) is 55.6 Å². The van der Waals surface area contributed by atoms with Gasteiger partial charge in [-0.2, -0.15) is 0 Å². The van der Waals surface area contributed by atoms with Crippen LogP contribution in [0.25, 0.3) is 0 Å². The Bertz CT molecular complexity index is 1340. The number of ether oxygens (including phenoxy) is 2. The molecule has 1 aliphatic carbocycles. The molecule has 1 saturated carbocycles. The quantitative estimate of drug-likeness (QED) is 0.209. The molecule has 3 saturated heterocycles. The van der Waals surface area contributed by atoms with Gasteiger partial charge in [-0.3, -0.25) is 19.2 Å². The molecule has 10 nitrogen and oxygen atoms in total. The van der Waals surface area contributed by atoms with E-state index >= 15 is 0 Å². The maximum absolute atomic E-state index is 14.8. The average Bonchev–Trinajstić information content (AvgIpc) is 3.73. The number of likely N-dealkylation sites (tertiary alicyclic amines) is 1. The van der Waals surface area contributed by atoms with E-state index in [2.05, 4.69) is 18.5 Å². The summed E-state index contributed by atoms with van der Waals surface area (Å²) in [5.41, 5.74) is -0.507. The van der Waals surface area contributed by atoms with Crippen LogP contribution in [0, 0.1) is 17.8 Å². The van der Waals surface area contributed by atoms with E-state index in [4.69, 9.17) is 9.47 Å². The monoisotopic (exact) mass is 663 g/mol. The molecule has 10 heteroatoms. The Hall–Kier alpha value is -3.50. The molecule has 8 atom stereocenters. The molecule has 48 heavy (non-hydrogen) atoms. The number of benzene rings is 1. The predicted molar refractivity (Wildman–Crippen MR) is 181 cm³/mol. The van der Waals surface area contributed by atoms with E-state index in [0.717, 1.165) is 32.1 Å². The second kappa shape index (κ2) is 15.4. The van der Waals surface area contributed by atoms with Gasteiger partial charge in [-0.1, -0.05) is 75.6 Å². The summed E-state index contributed by atoms with van der Waals surface area (Å²) in [6.45, 7) is 13.3. The number of esters is 1. The van der Waals surface area contributed by atoms with E-state index in [1.807, 2.05) is 49.1 Å². The van der Waals surface area contributed by atoms with Crippen LogP contribution in [0.2, 0.25) is 0 Å². The molecule has 1 aromatic rings. The third kappa shape index (κ3) is 6.70. The molecule has 262 valence electrons. The van der Waals surface area contributed by atoms with Crippen molar-refractivity contribution in [3.63, 3.8) is 0 Å². The minimum atomic E-state index is -1.22. The lowest BCUT2D eigenvalue weighted by atomic mass is 9.70. The lowest BCUT2D eigenvalue weighted by Gasteiger charge is -2.43. The second-order valence-electron chi connectivity index (χ2n) is 14.3. The number of hydrogen-bond donors (Lipinski definition) is 2. The van der Waals surface area contributed by atoms with Gasteiger partial charge in [-0.25, -0.2) is 0 Å². The summed E-state index contributed by atoms with van der Waals surface area (Å²) in [7, 11) is 0. The fourth-order valence-corrected chi connectivity index (χ4v) is 8.66. The van der Waals surface area contributed by atoms with E-state index in [9.17, 15) is 24.3 Å². The minimum Gasteiger partial charge on any atom is -0.455 e. The van der Waals surface area contributed by atoms with Crippen LogP contribution in [-0.2, 0) is 28.7 Å². The SMILES string of the molecule is C=CCCC(=O)N[C@@H](C)[C@H](OC(=O)[C@@H]1[C@H]2C(=O)N([C@@H](CO)C(C)C)[C@H](C(=O)N(CC=C)C3CCCCC3)[C@]23CC[C@H]1O3)c1ccccc1. The zero-order valence-electron chi connectivity index (χ0n) is 28.7. The highest BCUT2D eigenvalue weighted by molar-refractivity contribution is 5.98. The van der Waals surface area contributed by atoms with Gasteiger partial charge < -0.3 is 29.7 Å². The van der Waals surface area contributed by atoms with Crippen molar-refractivity contribution in [2.75, 3.05) is 13.2 Å². The number of allylic oxidation sites excluding steroid dienone is 1. The van der Waals surface area contributed by atoms with Gasteiger partial charge in [-0.05, 0) is 50.5 Å². The van der Waals surface area contributed by atoms with E-state index < -0.39 is 53.7 Å². The van der Waals surface area contributed by atoms with Crippen LogP contribution >= 0.6 is 0 Å². The molecular formula is C38H53N3O7. The summed E-state index contributed by atoms with van der Waals surface area (Å²) in [6, 6.07) is 7.08. The Kier molecular flexibility index (Phi) is 11.5. The van der Waals surface area contributed by atoms with Crippen molar-refractivity contribution in [2.24, 2.45) is 17.8 Å². The van der Waals surface area contributed by atoms with Crippen LogP contribution in [0.4, 0.5) is 0 Å². The molecule has 2 N–H and O–H groups in total. The first kappa shape index (κ1) is 35.8. The Morgan fingerprint density at radius 1 is 1.10 bits per heavy atom. The fraction of sp³-hybridized carbons (Fsp3) is 0.632. The number of aliphatic hydroxyl groups excluding tert-OH is 1. The van der Waals surface area contributed by atoms with Gasteiger partial charge in [0.2, 0.25) is 17.7 Å². The summed E-state index contributed by atoms with van der Waals surface area (Å²) in [5, 5.41) is 13.6. The van der Waals surface area contributed by atoms with Gasteiger partial charge in [0.25, 0.3) is 0 Å². The van der Waals surface area contributed by atoms with Crippen LogP contribution in [-0.4, -0.2) is 87.6 Å². The summed E-state index contributed by atoms with van der Waals surface area (Å²) in [4.78, 5) is 59.9. The van der Waals surface area contributed by atoms with Gasteiger partial charge in [0.05, 0.1) is 36.6 Å². The van der Waals surface area contributed by atoms with Crippen LogP contribution < -0.4 is 5.32 Å². The molecule has 1 aromatic carbocycles. The first-order valence-electron chi connectivity index (χ1n) is 17.8. The molecule has 3 aliphatic heterocycles. The molecule has 5 rings (SSSR count). The van der Waals surface area contributed by atoms with Gasteiger partial charge in [-0.15, -0.1) is 13.2 Å². The summed E-state index contributed by atoms with van der Waals surface area (Å²) in [6.07, 6.45) is 8.67. The topological polar surface area (TPSA) is 125 Å². The van der Waals surface area contributed by atoms with Gasteiger partial charge in [0.1, 0.15) is 17.7 Å². The highest BCUT2D eigenvalue weighted by Crippen LogP contribution is 2.59. The molecule has 0 radical (unpaired) electrons. The number of aliphatic hydroxyl groups is 1. The van der Waals surface area contributed by atoms with Crippen molar-refractivity contribution in [1.29, 1.82) is 0 Å². The summed E-state index contributed by atoms with van der Waals surface area (Å²) < 4.78 is 13.0. The fourth-order valence-electron chi connectivity index (χ4n) is 8.66. The Balaban J connectivity index is 1.49. The lowest BCUT2D eigenvalue weighted by Crippen LogP contribution is -2.61. The molecule has 3 heterocycles. The Labute approximate surface area is 284 Å². The van der Waals surface area contributed by atoms with Crippen molar-refractivity contribution in [1.82, 2.24) is 15.1 Å². The van der Waals surface area contributed by atoms with Crippen molar-refractivity contribution in [3.8, 4) is 0 Å². The van der Waals surface area contributed by atoms with E-state index in [-0.39, 0.29) is 42.7 Å². The molecule has 3 amide bonds. The first-order chi connectivity index (χ1) is 23.1. The van der Waals surface area contributed by atoms with Crippen LogP contribution in [0.5, 0.6) is 0 Å². The second-order valence-corrected chi connectivity index (χ2v) is 14.3. The Morgan fingerprint density at radius 3 is 2.44 bits per heavy atom. The predicted octanol–water partition coefficient (Wildman–Crippen LogP) is 4.48. The zero-order valence-corrected chi connectivity index (χ0v) is 28.7. The molecule has 4 aliphatic rings. The third-order valence-corrected chi connectivity index (χ3v) is 11.0. The van der Waals surface area contributed by atoms with Crippen LogP contribution in [0.3, 0.4) is 0 Å². The summed E-state index contributed by atoms with van der Waals surface area (Å²) in [5.74, 6) is -3.35. The minimum absolute atomic E-state index is 0.0254. The van der Waals surface area contributed by atoms with Gasteiger partial charge in [0, 0.05) is 19.0 Å². The molecule has 1 spiro atoms. The highest BCUT2D eigenvalue weighted by atomic mass is 16.6. The number of nitrogens with zero attached hydrogens (tertiary/aromatic N) is 2. The number of rotatable bonds is 15. The largest absolute Gasteiger partial charge is 0.455 e. The normalized spacial score (nSPS) is 28.4. The van der Waals surface area contributed by atoms with Gasteiger partial charge in [0.15, 0.2) is 0 Å². The zero-order chi connectivity index (χ0) is 34.6. The molecule has 4 fully saturated rings. The number of hydrogen-bond acceptors (Lipinski definition) is 7. The number of carbonyl (C=O) groups is 4. The maximum atomic E-state index is 14.8. The van der Waals surface area contributed by atoms with Gasteiger partial charge >= 0.3 is 5.97 Å². The van der Waals surface area contributed by atoms with Crippen molar-refractivity contribution in [3.05, 3.63) is 61.2 Å². The smallest absolute Gasteiger partial charge is 0.313 e. The summed E-state index contributed by atoms with van der Waals surface area (Å²) >= 11 is 0. The average molecular weight is 664 g/mol. The van der Waals surface area contributed by atoms with Crippen LogP contribution in [0.1, 0.15) is 90.2 Å². The third-order valence-electron chi connectivity index (χ3n) is 11.0. The molecule has 2 bridgehead atoms. The van der Waals surface area contributed by atoms with E-state index in [1.54, 1.807) is 24.0 Å². The van der Waals surface area contributed by atoms with Crippen molar-refractivity contribution >= 4 is 23.7 Å². The Morgan fingerprint density at radius 2 is 1.81 bits per heavy atom. The van der Waals surface area contributed by atoms with E-state index in [0.29, 0.717) is 31.4 Å². The first-order valence-corrected chi connectivity index (χ1v) is 17.8. The number of carbonyl (C=O) groups excluding carboxylic acids is 4. The van der Waals surface area contributed by atoms with Crippen molar-refractivity contribution in [2.45, 2.75) is 121 Å². The standard InChI is InChI=1S/C38H53N3O7/c1-6-8-19-30(43)39-25(5)33(26-15-11-9-12-16-26)47-37(46)31-29-20-21-38(48-29)32(31)35(44)41(28(23-42)24(3)4)34(38)36(45)40(22-7-2)27-17-13-10-14-18-27/h6-7,9,11-12,15-16,24-25,27-29,31-34,42H,1-2,8,10,13-14,17-23H2,3-5H3,(H,39,43)/t25-,28-,29+,31-,32-,33-,34+,38-/m0/s1. The number of fused-ring (bicyclic) bond motifs is 1. The molecule has 0 unspecified atom stereocenters. The van der Waals surface area contributed by atoms with Crippen molar-refractivity contribution < 1.29 is 33.8 Å². The molecular weight excluding hydrogens is 610 g/mol. The van der Waals surface area contributed by atoms with E-state index in [1.165, 1.54) is 0 Å². The maximum Gasteiger partial charge on any atom is 0.313 e.